The lowest BCUT2D eigenvalue weighted by atomic mass is 10.2. The second kappa shape index (κ2) is 8.42. The molecule has 0 aromatic heterocycles. The van der Waals surface area contributed by atoms with Crippen LogP contribution in [-0.4, -0.2) is 28.0 Å². The van der Waals surface area contributed by atoms with E-state index in [1.54, 1.807) is 30.3 Å². The summed E-state index contributed by atoms with van der Waals surface area (Å²) in [4.78, 5) is 12.7. The van der Waals surface area contributed by atoms with Crippen molar-refractivity contribution < 1.29 is 17.9 Å². The van der Waals surface area contributed by atoms with E-state index in [0.717, 1.165) is 5.56 Å². The molecule has 0 spiro atoms. The second-order valence-corrected chi connectivity index (χ2v) is 9.57. The molecule has 160 valence electrons. The first-order valence-corrected chi connectivity index (χ1v) is 11.6. The van der Waals surface area contributed by atoms with E-state index in [4.69, 9.17) is 27.9 Å². The van der Waals surface area contributed by atoms with Crippen LogP contribution in [0.15, 0.2) is 65.6 Å². The number of benzene rings is 3. The second-order valence-electron chi connectivity index (χ2n) is 6.90. The fourth-order valence-corrected chi connectivity index (χ4v) is 5.67. The number of nitrogens with one attached hydrogen (secondary N) is 1. The normalized spacial score (nSPS) is 13.1. The minimum Gasteiger partial charge on any atom is -0.495 e. The number of nitrogens with zero attached hydrogens (tertiary/aromatic N) is 1. The Morgan fingerprint density at radius 3 is 2.61 bits per heavy atom. The molecule has 3 aromatic carbocycles. The van der Waals surface area contributed by atoms with Crippen LogP contribution in [0.5, 0.6) is 5.75 Å². The molecule has 9 heteroatoms. The lowest BCUT2D eigenvalue weighted by Crippen LogP contribution is -2.29. The van der Waals surface area contributed by atoms with E-state index in [1.165, 1.54) is 29.6 Å². The molecule has 31 heavy (non-hydrogen) atoms. The van der Waals surface area contributed by atoms with Crippen molar-refractivity contribution in [1.82, 2.24) is 0 Å². The summed E-state index contributed by atoms with van der Waals surface area (Å²) in [6.07, 6.45) is 0.613. The van der Waals surface area contributed by atoms with Gasteiger partial charge in [0.25, 0.3) is 15.9 Å². The standard InChI is InChI=1S/C22H18Cl2N2O4S/c1-30-20-9-7-16(23)13-18(20)25-22(27)15-6-8-17(24)21(12-15)31(28,29)26-11-10-14-4-2-3-5-19(14)26/h2-9,12-13H,10-11H2,1H3,(H,25,27). The number of carbonyl (C=O) groups is 1. The van der Waals surface area contributed by atoms with Crippen molar-refractivity contribution in [3.05, 3.63) is 81.8 Å². The van der Waals surface area contributed by atoms with E-state index in [9.17, 15) is 13.2 Å². The number of methoxy groups -OCH3 is 1. The zero-order valence-electron chi connectivity index (χ0n) is 16.4. The van der Waals surface area contributed by atoms with Crippen molar-refractivity contribution in [3.8, 4) is 5.75 Å². The van der Waals surface area contributed by atoms with Crippen molar-refractivity contribution in [2.75, 3.05) is 23.3 Å². The molecule has 0 unspecified atom stereocenters. The summed E-state index contributed by atoms with van der Waals surface area (Å²) < 4.78 is 33.3. The number of halogens is 2. The van der Waals surface area contributed by atoms with Gasteiger partial charge in [-0.1, -0.05) is 41.4 Å². The summed E-state index contributed by atoms with van der Waals surface area (Å²) in [6, 6.07) is 16.3. The van der Waals surface area contributed by atoms with Crippen LogP contribution >= 0.6 is 23.2 Å². The number of rotatable bonds is 5. The first kappa shape index (κ1) is 21.5. The van der Waals surface area contributed by atoms with Crippen LogP contribution in [0.2, 0.25) is 10.0 Å². The molecule has 0 saturated carbocycles. The van der Waals surface area contributed by atoms with Gasteiger partial charge in [0.2, 0.25) is 0 Å². The Morgan fingerprint density at radius 2 is 1.84 bits per heavy atom. The number of sulfonamides is 1. The fraction of sp³-hybridized carbons (Fsp3) is 0.136. The number of carbonyl (C=O) groups excluding carboxylic acids is 1. The van der Waals surface area contributed by atoms with Crippen LogP contribution < -0.4 is 14.4 Å². The van der Waals surface area contributed by atoms with Crippen LogP contribution in [0.4, 0.5) is 11.4 Å². The molecule has 6 nitrogen and oxygen atoms in total. The van der Waals surface area contributed by atoms with Crippen LogP contribution in [0, 0.1) is 0 Å². The fourth-order valence-electron chi connectivity index (χ4n) is 3.49. The van der Waals surface area contributed by atoms with Gasteiger partial charge < -0.3 is 10.1 Å². The van der Waals surface area contributed by atoms with Crippen LogP contribution in [-0.2, 0) is 16.4 Å². The molecule has 0 fully saturated rings. The van der Waals surface area contributed by atoms with Gasteiger partial charge in [-0.3, -0.25) is 9.10 Å². The molecule has 0 saturated heterocycles. The van der Waals surface area contributed by atoms with Crippen molar-refractivity contribution in [2.45, 2.75) is 11.3 Å². The maximum atomic E-state index is 13.4. The summed E-state index contributed by atoms with van der Waals surface area (Å²) in [5.41, 5.74) is 2.08. The molecule has 1 aliphatic rings. The van der Waals surface area contributed by atoms with Gasteiger partial charge in [0.05, 0.1) is 23.5 Å². The largest absolute Gasteiger partial charge is 0.495 e. The summed E-state index contributed by atoms with van der Waals surface area (Å²) >= 11 is 12.3. The summed E-state index contributed by atoms with van der Waals surface area (Å²) in [6.45, 7) is 0.314. The number of amides is 1. The van der Waals surface area contributed by atoms with Crippen molar-refractivity contribution >= 4 is 50.5 Å². The smallest absolute Gasteiger partial charge is 0.265 e. The van der Waals surface area contributed by atoms with Crippen molar-refractivity contribution in [2.24, 2.45) is 0 Å². The number of hydrogen-bond donors (Lipinski definition) is 1. The first-order valence-electron chi connectivity index (χ1n) is 9.36. The summed E-state index contributed by atoms with van der Waals surface area (Å²) in [7, 11) is -2.48. The highest BCUT2D eigenvalue weighted by Gasteiger charge is 2.32. The summed E-state index contributed by atoms with van der Waals surface area (Å²) in [5, 5.41) is 3.16. The van der Waals surface area contributed by atoms with E-state index in [2.05, 4.69) is 5.32 Å². The van der Waals surface area contributed by atoms with E-state index in [0.29, 0.717) is 35.1 Å². The van der Waals surface area contributed by atoms with Gasteiger partial charge in [0.1, 0.15) is 10.6 Å². The molecule has 1 N–H and O–H groups in total. The molecule has 0 aliphatic carbocycles. The van der Waals surface area contributed by atoms with Gasteiger partial charge in [-0.05, 0) is 54.4 Å². The number of fused-ring (bicyclic) bond motifs is 1. The van der Waals surface area contributed by atoms with Gasteiger partial charge in [-0.25, -0.2) is 8.42 Å². The third-order valence-corrected chi connectivity index (χ3v) is 7.55. The molecule has 4 rings (SSSR count). The lowest BCUT2D eigenvalue weighted by Gasteiger charge is -2.20. The Morgan fingerprint density at radius 1 is 1.06 bits per heavy atom. The topological polar surface area (TPSA) is 75.7 Å². The monoisotopic (exact) mass is 476 g/mol. The molecule has 3 aromatic rings. The molecule has 0 radical (unpaired) electrons. The average molecular weight is 477 g/mol. The number of hydrogen-bond acceptors (Lipinski definition) is 4. The average Bonchev–Trinajstić information content (AvgIpc) is 3.19. The maximum Gasteiger partial charge on any atom is 0.265 e. The molecule has 1 aliphatic heterocycles. The third-order valence-electron chi connectivity index (χ3n) is 5.02. The Bertz CT molecular complexity index is 1280. The Balaban J connectivity index is 1.68. The molecule has 0 atom stereocenters. The minimum atomic E-state index is -3.96. The van der Waals surface area contributed by atoms with Crippen LogP contribution in [0.25, 0.3) is 0 Å². The Kier molecular flexibility index (Phi) is 5.83. The van der Waals surface area contributed by atoms with Gasteiger partial charge in [-0.15, -0.1) is 0 Å². The minimum absolute atomic E-state index is 0.0428. The highest BCUT2D eigenvalue weighted by atomic mass is 35.5. The predicted molar refractivity (Wildman–Crippen MR) is 122 cm³/mol. The number of anilines is 2. The molecule has 1 amide bonds. The van der Waals surface area contributed by atoms with Crippen molar-refractivity contribution in [3.63, 3.8) is 0 Å². The predicted octanol–water partition coefficient (Wildman–Crippen LogP) is 5.01. The zero-order valence-corrected chi connectivity index (χ0v) is 18.8. The Labute approximate surface area is 190 Å². The quantitative estimate of drug-likeness (QED) is 0.561. The van der Waals surface area contributed by atoms with Crippen LogP contribution in [0.1, 0.15) is 15.9 Å². The maximum absolute atomic E-state index is 13.4. The van der Waals surface area contributed by atoms with E-state index in [-0.39, 0.29) is 15.5 Å². The first-order chi connectivity index (χ1) is 14.8. The van der Waals surface area contributed by atoms with Gasteiger partial charge in [-0.2, -0.15) is 0 Å². The SMILES string of the molecule is COc1ccc(Cl)cc1NC(=O)c1ccc(Cl)c(S(=O)(=O)N2CCc3ccccc32)c1. The molecular weight excluding hydrogens is 459 g/mol. The van der Waals surface area contributed by atoms with Gasteiger partial charge in [0.15, 0.2) is 0 Å². The summed E-state index contributed by atoms with van der Waals surface area (Å²) in [5.74, 6) is -0.0938. The van der Waals surface area contributed by atoms with E-state index < -0.39 is 15.9 Å². The molecule has 0 bridgehead atoms. The highest BCUT2D eigenvalue weighted by molar-refractivity contribution is 7.93. The van der Waals surface area contributed by atoms with Crippen LogP contribution in [0.3, 0.4) is 0 Å². The highest BCUT2D eigenvalue weighted by Crippen LogP contribution is 2.35. The molecule has 1 heterocycles. The number of ether oxygens (including phenoxy) is 1. The van der Waals surface area contributed by atoms with Gasteiger partial charge >= 0.3 is 0 Å². The molecular formula is C22H18Cl2N2O4S. The zero-order chi connectivity index (χ0) is 22.2. The third kappa shape index (κ3) is 4.08. The van der Waals surface area contributed by atoms with E-state index in [1.807, 2.05) is 12.1 Å². The number of para-hydroxylation sites is 1. The lowest BCUT2D eigenvalue weighted by molar-refractivity contribution is 0.102. The van der Waals surface area contributed by atoms with Crippen molar-refractivity contribution in [1.29, 1.82) is 0 Å². The Hall–Kier alpha value is -2.74. The van der Waals surface area contributed by atoms with Gasteiger partial charge in [0, 0.05) is 17.1 Å². The van der Waals surface area contributed by atoms with E-state index >= 15 is 0 Å².